The number of nitrogens with zero attached hydrogens (tertiary/aromatic N) is 3. The molecule has 2 aromatic rings. The summed E-state index contributed by atoms with van der Waals surface area (Å²) in [7, 11) is 2.01. The van der Waals surface area contributed by atoms with Crippen LogP contribution in [-0.4, -0.2) is 28.7 Å². The van der Waals surface area contributed by atoms with Gasteiger partial charge in [-0.2, -0.15) is 0 Å². The number of aryl methyl sites for hydroxylation is 1. The normalized spacial score (nSPS) is 11.4. The molecule has 0 fully saturated rings. The number of aliphatic imine (C=N–C) groups is 1. The maximum absolute atomic E-state index is 5.49. The Morgan fingerprint density at radius 3 is 2.71 bits per heavy atom. The zero-order chi connectivity index (χ0) is 17.2. The first-order chi connectivity index (χ1) is 11.7. The number of hydrogen-bond acceptors (Lipinski definition) is 3. The van der Waals surface area contributed by atoms with E-state index in [-0.39, 0.29) is 0 Å². The average molecular weight is 329 g/mol. The molecule has 24 heavy (non-hydrogen) atoms. The summed E-state index contributed by atoms with van der Waals surface area (Å²) in [5, 5.41) is 6.58. The molecule has 6 heteroatoms. The standard InChI is InChI=1S/C18H27N5O/c1-4-10-24-17-7-6-15(11-20-17)12-21-18(19-5-2)22-13-16-8-9-23(3)14-16/h6-9,11,14H,4-5,10,12-13H2,1-3H3,(H2,19,21,22). The van der Waals surface area contributed by atoms with Crippen molar-refractivity contribution >= 4 is 5.96 Å². The van der Waals surface area contributed by atoms with E-state index in [1.807, 2.05) is 36.1 Å². The quantitative estimate of drug-likeness (QED) is 0.577. The average Bonchev–Trinajstić information content (AvgIpc) is 3.02. The van der Waals surface area contributed by atoms with Crippen molar-refractivity contribution in [3.8, 4) is 5.88 Å². The molecule has 0 aliphatic rings. The van der Waals surface area contributed by atoms with Crippen LogP contribution < -0.4 is 15.4 Å². The zero-order valence-electron chi connectivity index (χ0n) is 14.7. The summed E-state index contributed by atoms with van der Waals surface area (Å²) < 4.78 is 7.52. The van der Waals surface area contributed by atoms with Crippen molar-refractivity contribution in [2.24, 2.45) is 12.0 Å². The van der Waals surface area contributed by atoms with Gasteiger partial charge in [0.2, 0.25) is 5.88 Å². The summed E-state index contributed by atoms with van der Waals surface area (Å²) in [5.41, 5.74) is 2.28. The lowest BCUT2D eigenvalue weighted by atomic mass is 10.3. The van der Waals surface area contributed by atoms with E-state index in [1.54, 1.807) is 0 Å². The molecule has 0 unspecified atom stereocenters. The zero-order valence-corrected chi connectivity index (χ0v) is 14.7. The van der Waals surface area contributed by atoms with Crippen LogP contribution in [-0.2, 0) is 20.1 Å². The molecule has 0 aliphatic carbocycles. The van der Waals surface area contributed by atoms with Crippen LogP contribution in [0.25, 0.3) is 0 Å². The largest absolute Gasteiger partial charge is 0.478 e. The number of rotatable bonds is 8. The predicted octanol–water partition coefficient (Wildman–Crippen LogP) is 2.46. The second-order valence-corrected chi connectivity index (χ2v) is 5.59. The number of nitrogens with one attached hydrogen (secondary N) is 2. The van der Waals surface area contributed by atoms with Crippen molar-refractivity contribution in [3.63, 3.8) is 0 Å². The fourth-order valence-electron chi connectivity index (χ4n) is 2.16. The van der Waals surface area contributed by atoms with Crippen molar-refractivity contribution in [2.75, 3.05) is 13.2 Å². The second kappa shape index (κ2) is 9.60. The topological polar surface area (TPSA) is 63.5 Å². The highest BCUT2D eigenvalue weighted by Crippen LogP contribution is 2.08. The highest BCUT2D eigenvalue weighted by Gasteiger charge is 2.01. The first-order valence-electron chi connectivity index (χ1n) is 8.42. The molecule has 6 nitrogen and oxygen atoms in total. The Labute approximate surface area is 144 Å². The number of hydrogen-bond donors (Lipinski definition) is 2. The first kappa shape index (κ1) is 17.8. The SMILES string of the molecule is CCCOc1ccc(CNC(=NCc2ccn(C)c2)NCC)cn1. The van der Waals surface area contributed by atoms with E-state index in [1.165, 1.54) is 5.56 Å². The van der Waals surface area contributed by atoms with E-state index in [2.05, 4.69) is 46.7 Å². The second-order valence-electron chi connectivity index (χ2n) is 5.59. The van der Waals surface area contributed by atoms with Crippen LogP contribution in [0.2, 0.25) is 0 Å². The number of aromatic nitrogens is 2. The van der Waals surface area contributed by atoms with Gasteiger partial charge in [0.25, 0.3) is 0 Å². The summed E-state index contributed by atoms with van der Waals surface area (Å²) in [6, 6.07) is 6.00. The van der Waals surface area contributed by atoms with Gasteiger partial charge >= 0.3 is 0 Å². The van der Waals surface area contributed by atoms with Crippen LogP contribution in [0, 0.1) is 0 Å². The third kappa shape index (κ3) is 5.95. The van der Waals surface area contributed by atoms with E-state index in [9.17, 15) is 0 Å². The van der Waals surface area contributed by atoms with Crippen LogP contribution in [0.1, 0.15) is 31.4 Å². The third-order valence-corrected chi connectivity index (χ3v) is 3.37. The van der Waals surface area contributed by atoms with Crippen LogP contribution in [0.5, 0.6) is 5.88 Å². The predicted molar refractivity (Wildman–Crippen MR) is 97.1 cm³/mol. The minimum atomic E-state index is 0.651. The molecule has 130 valence electrons. The highest BCUT2D eigenvalue weighted by molar-refractivity contribution is 5.79. The van der Waals surface area contributed by atoms with E-state index in [0.29, 0.717) is 25.6 Å². The lowest BCUT2D eigenvalue weighted by molar-refractivity contribution is 0.305. The molecule has 0 spiro atoms. The minimum Gasteiger partial charge on any atom is -0.478 e. The van der Waals surface area contributed by atoms with Gasteiger partial charge in [-0.3, -0.25) is 0 Å². The van der Waals surface area contributed by atoms with Crippen molar-refractivity contribution in [1.29, 1.82) is 0 Å². The van der Waals surface area contributed by atoms with Crippen LogP contribution in [0.3, 0.4) is 0 Å². The lowest BCUT2D eigenvalue weighted by Gasteiger charge is -2.11. The Bertz CT molecular complexity index is 633. The van der Waals surface area contributed by atoms with Gasteiger partial charge in [0, 0.05) is 44.8 Å². The van der Waals surface area contributed by atoms with Gasteiger partial charge in [-0.1, -0.05) is 13.0 Å². The molecule has 2 aromatic heterocycles. The number of ether oxygens (including phenoxy) is 1. The van der Waals surface area contributed by atoms with Gasteiger partial charge < -0.3 is 19.9 Å². The molecular formula is C18H27N5O. The Balaban J connectivity index is 1.88. The number of pyridine rings is 1. The summed E-state index contributed by atoms with van der Waals surface area (Å²) >= 11 is 0. The van der Waals surface area contributed by atoms with Crippen molar-refractivity contribution < 1.29 is 4.74 Å². The van der Waals surface area contributed by atoms with Crippen molar-refractivity contribution in [3.05, 3.63) is 47.9 Å². The molecule has 0 amide bonds. The Morgan fingerprint density at radius 1 is 1.21 bits per heavy atom. The van der Waals surface area contributed by atoms with Gasteiger partial charge in [0.05, 0.1) is 13.2 Å². The van der Waals surface area contributed by atoms with E-state index in [0.717, 1.165) is 24.5 Å². The van der Waals surface area contributed by atoms with E-state index < -0.39 is 0 Å². The van der Waals surface area contributed by atoms with Gasteiger partial charge in [0.15, 0.2) is 5.96 Å². The molecule has 0 saturated heterocycles. The maximum atomic E-state index is 5.49. The molecular weight excluding hydrogens is 302 g/mol. The number of guanidine groups is 1. The molecule has 2 heterocycles. The third-order valence-electron chi connectivity index (χ3n) is 3.37. The first-order valence-corrected chi connectivity index (χ1v) is 8.42. The Morgan fingerprint density at radius 2 is 2.08 bits per heavy atom. The molecule has 0 bridgehead atoms. The maximum Gasteiger partial charge on any atom is 0.213 e. The Hall–Kier alpha value is -2.50. The molecule has 0 saturated carbocycles. The van der Waals surface area contributed by atoms with Crippen molar-refractivity contribution in [1.82, 2.24) is 20.2 Å². The van der Waals surface area contributed by atoms with Crippen LogP contribution in [0.15, 0.2) is 41.8 Å². The molecule has 2 N–H and O–H groups in total. The highest BCUT2D eigenvalue weighted by atomic mass is 16.5. The minimum absolute atomic E-state index is 0.651. The molecule has 0 atom stereocenters. The molecule has 2 rings (SSSR count). The summed E-state index contributed by atoms with van der Waals surface area (Å²) in [6.45, 7) is 6.97. The van der Waals surface area contributed by atoms with Crippen LogP contribution >= 0.6 is 0 Å². The molecule has 0 aliphatic heterocycles. The Kier molecular flexibility index (Phi) is 7.14. The van der Waals surface area contributed by atoms with Gasteiger partial charge in [-0.15, -0.1) is 0 Å². The summed E-state index contributed by atoms with van der Waals surface area (Å²) in [4.78, 5) is 8.92. The van der Waals surface area contributed by atoms with Gasteiger partial charge in [0.1, 0.15) is 0 Å². The fraction of sp³-hybridized carbons (Fsp3) is 0.444. The van der Waals surface area contributed by atoms with E-state index >= 15 is 0 Å². The van der Waals surface area contributed by atoms with Crippen LogP contribution in [0.4, 0.5) is 0 Å². The lowest BCUT2D eigenvalue weighted by Crippen LogP contribution is -2.36. The van der Waals surface area contributed by atoms with Gasteiger partial charge in [-0.25, -0.2) is 9.98 Å². The van der Waals surface area contributed by atoms with Gasteiger partial charge in [-0.05, 0) is 30.5 Å². The van der Waals surface area contributed by atoms with Crippen molar-refractivity contribution in [2.45, 2.75) is 33.4 Å². The fourth-order valence-corrected chi connectivity index (χ4v) is 2.16. The van der Waals surface area contributed by atoms with E-state index in [4.69, 9.17) is 4.74 Å². The summed E-state index contributed by atoms with van der Waals surface area (Å²) in [5.74, 6) is 1.47. The molecule has 0 aromatic carbocycles. The summed E-state index contributed by atoms with van der Waals surface area (Å²) in [6.07, 6.45) is 6.92. The monoisotopic (exact) mass is 329 g/mol. The smallest absolute Gasteiger partial charge is 0.213 e. The molecule has 0 radical (unpaired) electrons.